The van der Waals surface area contributed by atoms with Crippen molar-refractivity contribution in [3.8, 4) is 0 Å². The summed E-state index contributed by atoms with van der Waals surface area (Å²) in [4.78, 5) is 0. The van der Waals surface area contributed by atoms with Crippen LogP contribution in [0.2, 0.25) is 0 Å². The van der Waals surface area contributed by atoms with Crippen molar-refractivity contribution in [3.05, 3.63) is 11.6 Å². The molecule has 16 heteroatoms. The Morgan fingerprint density at radius 2 is 1.34 bits per heavy atom. The van der Waals surface area contributed by atoms with Gasteiger partial charge in [0.25, 0.3) is 0 Å². The first-order valence-corrected chi connectivity index (χ1v) is 23.2. The molecule has 9 rings (SSSR count). The molecular weight excluding hydrogens is 796 g/mol. The fraction of sp³-hybridized carbons (Fsp3) is 0.956. The Balaban J connectivity index is 0.916. The zero-order valence-electron chi connectivity index (χ0n) is 36.5. The average molecular weight is 869 g/mol. The van der Waals surface area contributed by atoms with Gasteiger partial charge in [0.1, 0.15) is 61.0 Å². The molecule has 0 amide bonds. The lowest BCUT2D eigenvalue weighted by Gasteiger charge is -2.58. The lowest BCUT2D eigenvalue weighted by atomic mass is 9.47. The van der Waals surface area contributed by atoms with E-state index in [4.69, 9.17) is 37.9 Å². The Morgan fingerprint density at radius 1 is 0.689 bits per heavy atom. The second-order valence-corrected chi connectivity index (χ2v) is 21.1. The second-order valence-electron chi connectivity index (χ2n) is 21.1. The van der Waals surface area contributed by atoms with Crippen molar-refractivity contribution in [1.29, 1.82) is 0 Å². The van der Waals surface area contributed by atoms with Crippen LogP contribution in [-0.2, 0) is 37.9 Å². The third kappa shape index (κ3) is 7.42. The molecule has 16 nitrogen and oxygen atoms in total. The van der Waals surface area contributed by atoms with E-state index in [0.717, 1.165) is 45.1 Å². The summed E-state index contributed by atoms with van der Waals surface area (Å²) in [5.74, 6) is 2.64. The number of aliphatic hydroxyl groups is 8. The average Bonchev–Trinajstić information content (AvgIpc) is 3.69. The minimum absolute atomic E-state index is 0.0171. The van der Waals surface area contributed by atoms with Gasteiger partial charge in [-0.15, -0.1) is 0 Å². The molecule has 26 atom stereocenters. The number of hydrogen-bond acceptors (Lipinski definition) is 16. The molecule has 0 radical (unpaired) electrons. The fourth-order valence-corrected chi connectivity index (χ4v) is 14.0. The molecule has 9 aliphatic rings. The molecule has 0 aromatic rings. The first-order chi connectivity index (χ1) is 28.9. The molecule has 1 spiro atoms. The van der Waals surface area contributed by atoms with Crippen LogP contribution in [0, 0.1) is 46.3 Å². The molecule has 5 heterocycles. The van der Waals surface area contributed by atoms with Crippen molar-refractivity contribution >= 4 is 0 Å². The third-order valence-electron chi connectivity index (χ3n) is 17.6. The SMILES string of the molecule is C[C@@H]1CC[C@@]2(OC1)O[C@H]1C[C@H]3[C@@H]4CC=C5C[C@@H](O[C@@H]6O[C@H](CO)[C@@H](O[C@H]7O[C@H](C)[C@@H](O)[C@H](O)[C@@H]7O)[C@H](O)[C@H]6O[C@H]6O[C@H](C)[C@@H](O)[C@H](O)[C@@H]6O)CC[C@]5(C)[C@H]4CC[C@]3(C)[C@H]1[C@@H]2C. The fourth-order valence-electron chi connectivity index (χ4n) is 14.0. The molecular formula is C45H72O16. The van der Waals surface area contributed by atoms with Gasteiger partial charge in [-0.3, -0.25) is 0 Å². The Labute approximate surface area is 358 Å². The predicted molar refractivity (Wildman–Crippen MR) is 213 cm³/mol. The van der Waals surface area contributed by atoms with E-state index >= 15 is 0 Å². The normalized spacial score (nSPS) is 58.4. The van der Waals surface area contributed by atoms with Crippen molar-refractivity contribution < 1.29 is 78.7 Å². The Morgan fingerprint density at radius 3 is 1.97 bits per heavy atom. The topological polar surface area (TPSA) is 236 Å². The van der Waals surface area contributed by atoms with Gasteiger partial charge in [-0.25, -0.2) is 0 Å². The van der Waals surface area contributed by atoms with Crippen LogP contribution in [-0.4, -0.2) is 164 Å². The van der Waals surface area contributed by atoms with E-state index in [1.807, 2.05) is 0 Å². The van der Waals surface area contributed by atoms with E-state index in [9.17, 15) is 40.9 Å². The molecule has 5 aliphatic heterocycles. The highest BCUT2D eigenvalue weighted by Gasteiger charge is 2.69. The Bertz CT molecular complexity index is 1590. The summed E-state index contributed by atoms with van der Waals surface area (Å²) in [7, 11) is 0. The number of rotatable bonds is 7. The van der Waals surface area contributed by atoms with Crippen LogP contribution in [0.1, 0.15) is 99.3 Å². The van der Waals surface area contributed by atoms with E-state index in [-0.39, 0.29) is 23.0 Å². The molecule has 0 aromatic carbocycles. The summed E-state index contributed by atoms with van der Waals surface area (Å²) < 4.78 is 50.1. The van der Waals surface area contributed by atoms with E-state index in [1.165, 1.54) is 25.8 Å². The molecule has 61 heavy (non-hydrogen) atoms. The van der Waals surface area contributed by atoms with Gasteiger partial charge in [-0.2, -0.15) is 0 Å². The van der Waals surface area contributed by atoms with Gasteiger partial charge in [-0.05, 0) is 106 Å². The minimum Gasteiger partial charge on any atom is -0.394 e. The Hall–Kier alpha value is -0.900. The van der Waals surface area contributed by atoms with Crippen LogP contribution in [0.25, 0.3) is 0 Å². The highest BCUT2D eigenvalue weighted by Crippen LogP contribution is 2.70. The highest BCUT2D eigenvalue weighted by molar-refractivity contribution is 5.26. The minimum atomic E-state index is -1.71. The summed E-state index contributed by atoms with van der Waals surface area (Å²) in [5, 5.41) is 85.9. The summed E-state index contributed by atoms with van der Waals surface area (Å²) in [6.45, 7) is 12.7. The van der Waals surface area contributed by atoms with Crippen LogP contribution in [0.5, 0.6) is 0 Å². The highest BCUT2D eigenvalue weighted by atomic mass is 16.8. The lowest BCUT2D eigenvalue weighted by molar-refractivity contribution is -0.388. The summed E-state index contributed by atoms with van der Waals surface area (Å²) >= 11 is 0. The quantitative estimate of drug-likeness (QED) is 0.168. The predicted octanol–water partition coefficient (Wildman–Crippen LogP) is 1.24. The van der Waals surface area contributed by atoms with Crippen molar-refractivity contribution in [1.82, 2.24) is 0 Å². The summed E-state index contributed by atoms with van der Waals surface area (Å²) in [5.41, 5.74) is 1.53. The molecule has 8 N–H and O–H groups in total. The smallest absolute Gasteiger partial charge is 0.187 e. The van der Waals surface area contributed by atoms with Crippen LogP contribution in [0.3, 0.4) is 0 Å². The molecule has 3 saturated carbocycles. The van der Waals surface area contributed by atoms with Crippen LogP contribution in [0.15, 0.2) is 11.6 Å². The molecule has 4 aliphatic carbocycles. The van der Waals surface area contributed by atoms with Gasteiger partial charge >= 0.3 is 0 Å². The maximum atomic E-state index is 12.0. The number of fused-ring (bicyclic) bond motifs is 7. The van der Waals surface area contributed by atoms with E-state index in [2.05, 4.69) is 33.8 Å². The molecule has 0 unspecified atom stereocenters. The molecule has 0 bridgehead atoms. The third-order valence-corrected chi connectivity index (χ3v) is 17.6. The number of aliphatic hydroxyl groups excluding tert-OH is 8. The van der Waals surface area contributed by atoms with Crippen molar-refractivity contribution in [2.45, 2.75) is 209 Å². The van der Waals surface area contributed by atoms with Crippen molar-refractivity contribution in [2.75, 3.05) is 13.2 Å². The van der Waals surface area contributed by atoms with Gasteiger partial charge in [0, 0.05) is 12.3 Å². The molecule has 8 fully saturated rings. The second kappa shape index (κ2) is 16.8. The molecule has 5 saturated heterocycles. The van der Waals surface area contributed by atoms with Gasteiger partial charge in [-0.1, -0.05) is 39.3 Å². The summed E-state index contributed by atoms with van der Waals surface area (Å²) in [6.07, 6.45) is -10.4. The summed E-state index contributed by atoms with van der Waals surface area (Å²) in [6, 6.07) is 0. The van der Waals surface area contributed by atoms with Crippen LogP contribution >= 0.6 is 0 Å². The first-order valence-electron chi connectivity index (χ1n) is 23.2. The van der Waals surface area contributed by atoms with Crippen LogP contribution in [0.4, 0.5) is 0 Å². The van der Waals surface area contributed by atoms with Gasteiger partial charge in [0.2, 0.25) is 0 Å². The number of hydrogen-bond donors (Lipinski definition) is 8. The number of ether oxygens (including phenoxy) is 8. The van der Waals surface area contributed by atoms with Gasteiger partial charge in [0.05, 0.1) is 37.6 Å². The first kappa shape index (κ1) is 45.3. The van der Waals surface area contributed by atoms with Crippen molar-refractivity contribution in [3.63, 3.8) is 0 Å². The van der Waals surface area contributed by atoms with Crippen LogP contribution < -0.4 is 0 Å². The van der Waals surface area contributed by atoms with Crippen molar-refractivity contribution in [2.24, 2.45) is 46.3 Å². The lowest BCUT2D eigenvalue weighted by Crippen LogP contribution is -2.66. The van der Waals surface area contributed by atoms with Gasteiger partial charge in [0.15, 0.2) is 24.7 Å². The maximum absolute atomic E-state index is 12.0. The monoisotopic (exact) mass is 868 g/mol. The molecule has 348 valence electrons. The largest absolute Gasteiger partial charge is 0.394 e. The standard InChI is InChI=1S/C45H72O16/c1-19-9-14-45(54-18-19)20(2)30-28(61-45)16-27-25-8-7-23-15-24(10-12-43(23,5)26(25)11-13-44(27,30)6)57-42-39(60-41-36(52)34(50)32(48)22(4)56-41)37(53)38(29(17-46)58-42)59-40-35(51)33(49)31(47)21(3)55-40/h7,19-22,24-42,46-53H,8-18H2,1-6H3/t19-,20+,21-,22-,24+,25-,26+,27+,28+,29-,30+,31-,32-,33+,34+,35+,36+,37+,38-,39-,40-,41-,42-,43+,44+,45-/m1/s1. The molecule has 0 aromatic heterocycles. The van der Waals surface area contributed by atoms with Gasteiger partial charge < -0.3 is 78.7 Å². The van der Waals surface area contributed by atoms with E-state index in [1.54, 1.807) is 0 Å². The Kier molecular flexibility index (Phi) is 12.4. The zero-order valence-corrected chi connectivity index (χ0v) is 36.5. The van der Waals surface area contributed by atoms with E-state index in [0.29, 0.717) is 48.3 Å². The number of allylic oxidation sites excluding steroid dienone is 1. The van der Waals surface area contributed by atoms with E-state index < -0.39 is 105 Å². The maximum Gasteiger partial charge on any atom is 0.187 e. The zero-order chi connectivity index (χ0) is 43.5.